The van der Waals surface area contributed by atoms with Gasteiger partial charge in [-0.15, -0.1) is 0 Å². The monoisotopic (exact) mass is 283 g/mol. The lowest BCUT2D eigenvalue weighted by Gasteiger charge is -2.07. The van der Waals surface area contributed by atoms with Gasteiger partial charge < -0.3 is 5.73 Å². The molecule has 2 heterocycles. The number of hydrogen-bond donors (Lipinski definition) is 1. The van der Waals surface area contributed by atoms with Crippen molar-refractivity contribution in [3.05, 3.63) is 64.4 Å². The van der Waals surface area contributed by atoms with Gasteiger partial charge in [-0.2, -0.15) is 0 Å². The number of hydrogen-bond acceptors (Lipinski definition) is 3. The Morgan fingerprint density at radius 2 is 1.85 bits per heavy atom. The lowest BCUT2D eigenvalue weighted by atomic mass is 9.99. The quantitative estimate of drug-likeness (QED) is 0.914. The average molecular weight is 284 g/mol. The SMILES string of the molecule is Cc1cc(C2=C(c3ccc(Cl)cc3)CC(N)=N2)ccn1. The Morgan fingerprint density at radius 3 is 2.55 bits per heavy atom. The molecule has 0 radical (unpaired) electrons. The second-order valence-electron chi connectivity index (χ2n) is 4.80. The zero-order valence-corrected chi connectivity index (χ0v) is 11.9. The standard InChI is InChI=1S/C16H14ClN3/c1-10-8-12(6-7-19-10)16-14(9-15(18)20-16)11-2-4-13(17)5-3-11/h2-8H,9H2,1H3,(H2,18,20). The summed E-state index contributed by atoms with van der Waals surface area (Å²) < 4.78 is 0. The molecule has 4 heteroatoms. The van der Waals surface area contributed by atoms with Crippen molar-refractivity contribution in [2.45, 2.75) is 13.3 Å². The molecule has 20 heavy (non-hydrogen) atoms. The molecule has 0 aliphatic carbocycles. The van der Waals surface area contributed by atoms with Crippen LogP contribution in [0.1, 0.15) is 23.2 Å². The third kappa shape index (κ3) is 2.45. The molecule has 0 amide bonds. The van der Waals surface area contributed by atoms with Gasteiger partial charge in [0.1, 0.15) is 5.84 Å². The van der Waals surface area contributed by atoms with Crippen molar-refractivity contribution in [1.29, 1.82) is 0 Å². The molecule has 0 fully saturated rings. The summed E-state index contributed by atoms with van der Waals surface area (Å²) in [5.74, 6) is 0.638. The number of amidine groups is 1. The van der Waals surface area contributed by atoms with Crippen molar-refractivity contribution in [2.24, 2.45) is 10.7 Å². The summed E-state index contributed by atoms with van der Waals surface area (Å²) in [6.07, 6.45) is 2.46. The van der Waals surface area contributed by atoms with Crippen LogP contribution in [0.3, 0.4) is 0 Å². The fourth-order valence-corrected chi connectivity index (χ4v) is 2.46. The Morgan fingerprint density at radius 1 is 1.10 bits per heavy atom. The molecule has 1 aliphatic rings. The Bertz CT molecular complexity index is 715. The molecule has 2 aromatic rings. The van der Waals surface area contributed by atoms with Gasteiger partial charge in [0.05, 0.1) is 5.70 Å². The first-order valence-corrected chi connectivity index (χ1v) is 6.76. The highest BCUT2D eigenvalue weighted by molar-refractivity contribution is 6.30. The molecule has 100 valence electrons. The number of benzene rings is 1. The van der Waals surface area contributed by atoms with Crippen LogP contribution in [-0.2, 0) is 0 Å². The summed E-state index contributed by atoms with van der Waals surface area (Å²) in [5, 5.41) is 0.725. The van der Waals surface area contributed by atoms with Gasteiger partial charge in [-0.25, -0.2) is 4.99 Å². The maximum atomic E-state index is 5.94. The van der Waals surface area contributed by atoms with E-state index in [-0.39, 0.29) is 0 Å². The largest absolute Gasteiger partial charge is 0.387 e. The molecule has 3 rings (SSSR count). The van der Waals surface area contributed by atoms with Crippen LogP contribution < -0.4 is 5.73 Å². The van der Waals surface area contributed by atoms with Gasteiger partial charge in [0.25, 0.3) is 0 Å². The number of halogens is 1. The van der Waals surface area contributed by atoms with Crippen LogP contribution in [0.4, 0.5) is 0 Å². The minimum Gasteiger partial charge on any atom is -0.387 e. The summed E-state index contributed by atoms with van der Waals surface area (Å²) in [5.41, 5.74) is 11.1. The number of aryl methyl sites for hydroxylation is 1. The highest BCUT2D eigenvalue weighted by Gasteiger charge is 2.19. The van der Waals surface area contributed by atoms with Gasteiger partial charge in [0, 0.05) is 28.9 Å². The molecular weight excluding hydrogens is 270 g/mol. The molecule has 0 atom stereocenters. The first kappa shape index (κ1) is 12.9. The topological polar surface area (TPSA) is 51.3 Å². The highest BCUT2D eigenvalue weighted by atomic mass is 35.5. The van der Waals surface area contributed by atoms with Gasteiger partial charge in [0.15, 0.2) is 0 Å². The molecule has 1 aromatic heterocycles. The number of nitrogens with two attached hydrogens (primary N) is 1. The molecule has 0 saturated heterocycles. The Kier molecular flexibility index (Phi) is 3.28. The van der Waals surface area contributed by atoms with Crippen molar-refractivity contribution in [1.82, 2.24) is 4.98 Å². The fraction of sp³-hybridized carbons (Fsp3) is 0.125. The van der Waals surface area contributed by atoms with E-state index in [0.717, 1.165) is 33.1 Å². The van der Waals surface area contributed by atoms with Crippen molar-refractivity contribution < 1.29 is 0 Å². The Hall–Kier alpha value is -2.13. The van der Waals surface area contributed by atoms with Crippen molar-refractivity contribution in [3.8, 4) is 0 Å². The summed E-state index contributed by atoms with van der Waals surface area (Å²) in [6, 6.07) is 11.7. The molecule has 2 N–H and O–H groups in total. The zero-order valence-electron chi connectivity index (χ0n) is 11.1. The number of nitrogens with zero attached hydrogens (tertiary/aromatic N) is 2. The number of pyridine rings is 1. The smallest absolute Gasteiger partial charge is 0.104 e. The van der Waals surface area contributed by atoms with Crippen LogP contribution >= 0.6 is 11.6 Å². The van der Waals surface area contributed by atoms with E-state index >= 15 is 0 Å². The van der Waals surface area contributed by atoms with Crippen molar-refractivity contribution >= 4 is 28.7 Å². The van der Waals surface area contributed by atoms with E-state index in [0.29, 0.717) is 12.3 Å². The normalized spacial score (nSPS) is 14.6. The predicted octanol–water partition coefficient (Wildman–Crippen LogP) is 3.67. The van der Waals surface area contributed by atoms with E-state index in [1.165, 1.54) is 0 Å². The minimum absolute atomic E-state index is 0.638. The lowest BCUT2D eigenvalue weighted by molar-refractivity contribution is 1.19. The molecule has 0 saturated carbocycles. The molecule has 0 bridgehead atoms. The molecule has 1 aromatic carbocycles. The van der Waals surface area contributed by atoms with E-state index in [1.54, 1.807) is 6.20 Å². The second kappa shape index (κ2) is 5.10. The second-order valence-corrected chi connectivity index (χ2v) is 5.24. The zero-order chi connectivity index (χ0) is 14.1. The Labute approximate surface area is 122 Å². The van der Waals surface area contributed by atoms with Crippen LogP contribution in [0.15, 0.2) is 47.6 Å². The van der Waals surface area contributed by atoms with Gasteiger partial charge in [0.2, 0.25) is 0 Å². The maximum Gasteiger partial charge on any atom is 0.104 e. The lowest BCUT2D eigenvalue weighted by Crippen LogP contribution is -2.07. The van der Waals surface area contributed by atoms with Gasteiger partial charge >= 0.3 is 0 Å². The van der Waals surface area contributed by atoms with Crippen LogP contribution in [0, 0.1) is 6.92 Å². The third-order valence-corrected chi connectivity index (χ3v) is 3.51. The van der Waals surface area contributed by atoms with E-state index in [9.17, 15) is 0 Å². The molecule has 0 spiro atoms. The predicted molar refractivity (Wildman–Crippen MR) is 83.5 cm³/mol. The van der Waals surface area contributed by atoms with Crippen LogP contribution in [-0.4, -0.2) is 10.8 Å². The maximum absolute atomic E-state index is 5.94. The van der Waals surface area contributed by atoms with Crippen LogP contribution in [0.25, 0.3) is 11.3 Å². The van der Waals surface area contributed by atoms with Crippen molar-refractivity contribution in [3.63, 3.8) is 0 Å². The molecule has 1 aliphatic heterocycles. The molecular formula is C16H14ClN3. The minimum atomic E-state index is 0.638. The van der Waals surface area contributed by atoms with E-state index in [2.05, 4.69) is 9.98 Å². The summed E-state index contributed by atoms with van der Waals surface area (Å²) >= 11 is 5.94. The molecule has 0 unspecified atom stereocenters. The first-order chi connectivity index (χ1) is 9.63. The van der Waals surface area contributed by atoms with Gasteiger partial charge in [-0.1, -0.05) is 23.7 Å². The first-order valence-electron chi connectivity index (χ1n) is 6.38. The summed E-state index contributed by atoms with van der Waals surface area (Å²) in [7, 11) is 0. The van der Waals surface area contributed by atoms with Gasteiger partial charge in [-0.05, 0) is 42.3 Å². The number of aromatic nitrogens is 1. The summed E-state index contributed by atoms with van der Waals surface area (Å²) in [6.45, 7) is 1.97. The van der Waals surface area contributed by atoms with Crippen LogP contribution in [0.5, 0.6) is 0 Å². The third-order valence-electron chi connectivity index (χ3n) is 3.26. The van der Waals surface area contributed by atoms with Gasteiger partial charge in [-0.3, -0.25) is 4.98 Å². The number of aliphatic imine (C=N–C) groups is 1. The van der Waals surface area contributed by atoms with E-state index in [4.69, 9.17) is 17.3 Å². The highest BCUT2D eigenvalue weighted by Crippen LogP contribution is 2.34. The number of rotatable bonds is 2. The van der Waals surface area contributed by atoms with Crippen molar-refractivity contribution in [2.75, 3.05) is 0 Å². The Balaban J connectivity index is 2.11. The van der Waals surface area contributed by atoms with Crippen LogP contribution in [0.2, 0.25) is 5.02 Å². The van der Waals surface area contributed by atoms with E-state index < -0.39 is 0 Å². The average Bonchev–Trinajstić information content (AvgIpc) is 2.82. The fourth-order valence-electron chi connectivity index (χ4n) is 2.34. The molecule has 3 nitrogen and oxygen atoms in total. The summed E-state index contributed by atoms with van der Waals surface area (Å²) in [4.78, 5) is 8.71. The van der Waals surface area contributed by atoms with E-state index in [1.807, 2.05) is 43.3 Å².